The molecule has 2 heterocycles. The fourth-order valence-corrected chi connectivity index (χ4v) is 5.42. The number of rotatable bonds is 6. The van der Waals surface area contributed by atoms with Crippen molar-refractivity contribution >= 4 is 48.2 Å². The summed E-state index contributed by atoms with van der Waals surface area (Å²) in [5.74, 6) is -1.05. The quantitative estimate of drug-likeness (QED) is 0.392. The first-order valence-corrected chi connectivity index (χ1v) is 12.6. The highest BCUT2D eigenvalue weighted by Crippen LogP contribution is 2.37. The highest BCUT2D eigenvalue weighted by molar-refractivity contribution is 7.86. The number of aromatic hydroxyl groups is 1. The van der Waals surface area contributed by atoms with Crippen LogP contribution in [-0.2, 0) is 24.3 Å². The van der Waals surface area contributed by atoms with Gasteiger partial charge in [-0.25, -0.2) is 4.99 Å². The first kappa shape index (κ1) is 21.4. The van der Waals surface area contributed by atoms with Crippen LogP contribution in [0.25, 0.3) is 10.9 Å². The molecular formula is C20H16N3O8S2+. The molecule has 0 bridgehead atoms. The van der Waals surface area contributed by atoms with Crippen LogP contribution < -0.4 is 0 Å². The van der Waals surface area contributed by atoms with Crippen LogP contribution in [0.2, 0.25) is 0 Å². The van der Waals surface area contributed by atoms with E-state index in [2.05, 4.69) is 9.98 Å². The fourth-order valence-electron chi connectivity index (χ4n) is 3.45. The first-order chi connectivity index (χ1) is 15.5. The Balaban J connectivity index is 1.54. The molecule has 1 aliphatic carbocycles. The van der Waals surface area contributed by atoms with Crippen molar-refractivity contribution in [2.24, 2.45) is 4.99 Å². The zero-order valence-corrected chi connectivity index (χ0v) is 18.6. The van der Waals surface area contributed by atoms with Crippen molar-refractivity contribution in [3.63, 3.8) is 0 Å². The minimum atomic E-state index is -4.29. The van der Waals surface area contributed by atoms with Gasteiger partial charge in [0.25, 0.3) is 10.1 Å². The summed E-state index contributed by atoms with van der Waals surface area (Å²) in [7, 11) is -7.47. The van der Waals surface area contributed by atoms with E-state index in [0.29, 0.717) is 18.4 Å². The maximum absolute atomic E-state index is 13.0. The second-order valence-corrected chi connectivity index (χ2v) is 11.2. The molecular weight excluding hydrogens is 474 g/mol. The van der Waals surface area contributed by atoms with Crippen LogP contribution in [0.4, 0.5) is 5.69 Å². The molecule has 13 heteroatoms. The van der Waals surface area contributed by atoms with Gasteiger partial charge < -0.3 is 10.1 Å². The van der Waals surface area contributed by atoms with E-state index in [1.54, 1.807) is 0 Å². The van der Waals surface area contributed by atoms with E-state index in [0.717, 1.165) is 13.1 Å². The summed E-state index contributed by atoms with van der Waals surface area (Å²) in [5, 5.41) is 10.8. The van der Waals surface area contributed by atoms with Gasteiger partial charge in [0.1, 0.15) is 20.5 Å². The first-order valence-electron chi connectivity index (χ1n) is 9.71. The topological polar surface area (TPSA) is 163 Å². The number of sulfonamides is 1. The monoisotopic (exact) mass is 490 g/mol. The maximum Gasteiger partial charge on any atom is 0.437 e. The summed E-state index contributed by atoms with van der Waals surface area (Å²) in [6.07, 6.45) is 0.970. The fraction of sp³-hybridized carbons (Fsp3) is 0.200. The Kier molecular flexibility index (Phi) is 4.57. The van der Waals surface area contributed by atoms with Gasteiger partial charge in [0, 0.05) is 15.8 Å². The van der Waals surface area contributed by atoms with E-state index in [-0.39, 0.29) is 48.1 Å². The number of hydrogen-bond donors (Lipinski definition) is 2. The number of nitroso groups, excluding NO2 is 1. The van der Waals surface area contributed by atoms with Crippen LogP contribution in [0.1, 0.15) is 28.9 Å². The van der Waals surface area contributed by atoms with Gasteiger partial charge in [0.05, 0.1) is 22.3 Å². The summed E-state index contributed by atoms with van der Waals surface area (Å²) >= 11 is 0. The van der Waals surface area contributed by atoms with Gasteiger partial charge in [-0.05, 0) is 49.2 Å². The van der Waals surface area contributed by atoms with Crippen LogP contribution in [0.15, 0.2) is 51.2 Å². The van der Waals surface area contributed by atoms with Crippen molar-refractivity contribution in [1.82, 2.24) is 4.98 Å². The number of aromatic amines is 1. The van der Waals surface area contributed by atoms with Gasteiger partial charge in [-0.1, -0.05) is 0 Å². The van der Waals surface area contributed by atoms with Crippen molar-refractivity contribution < 1.29 is 35.1 Å². The summed E-state index contributed by atoms with van der Waals surface area (Å²) in [5.41, 5.74) is 0.327. The zero-order valence-electron chi connectivity index (χ0n) is 17.0. The average molecular weight is 490 g/mol. The second kappa shape index (κ2) is 7.04. The molecule has 33 heavy (non-hydrogen) atoms. The molecule has 0 saturated heterocycles. The third-order valence-electron chi connectivity index (χ3n) is 5.35. The molecule has 2 aliphatic rings. The molecule has 2 aromatic carbocycles. The van der Waals surface area contributed by atoms with Crippen LogP contribution >= 0.6 is 0 Å². The molecule has 0 spiro atoms. The van der Waals surface area contributed by atoms with E-state index in [4.69, 9.17) is 4.18 Å². The third-order valence-corrected chi connectivity index (χ3v) is 8.23. The predicted octanol–water partition coefficient (Wildman–Crippen LogP) is 2.16. The van der Waals surface area contributed by atoms with Gasteiger partial charge >= 0.3 is 10.0 Å². The summed E-state index contributed by atoms with van der Waals surface area (Å²) in [6.45, 7) is 0. The number of carbonyl (C=O) groups excluding carboxylic acids is 1. The zero-order chi connectivity index (χ0) is 23.7. The molecule has 1 aliphatic heterocycles. The third kappa shape index (κ3) is 3.44. The average Bonchev–Trinajstić information content (AvgIpc) is 3.43. The Morgan fingerprint density at radius 1 is 1.09 bits per heavy atom. The molecule has 0 radical (unpaired) electrons. The van der Waals surface area contributed by atoms with Crippen molar-refractivity contribution in [3.8, 4) is 5.75 Å². The van der Waals surface area contributed by atoms with Gasteiger partial charge in [0.15, 0.2) is 5.75 Å². The van der Waals surface area contributed by atoms with Gasteiger partial charge in [0.2, 0.25) is 12.8 Å². The predicted molar refractivity (Wildman–Crippen MR) is 115 cm³/mol. The number of ketones is 1. The number of aromatic nitrogens is 1. The van der Waals surface area contributed by atoms with E-state index in [1.165, 1.54) is 30.3 Å². The molecule has 1 saturated carbocycles. The molecule has 0 unspecified atom stereocenters. The number of H-pyrrole nitrogens is 1. The van der Waals surface area contributed by atoms with E-state index in [1.807, 2.05) is 0 Å². The Hall–Kier alpha value is -3.42. The van der Waals surface area contributed by atoms with E-state index < -0.39 is 31.7 Å². The van der Waals surface area contributed by atoms with Crippen LogP contribution in [0, 0.1) is 4.91 Å². The molecule has 0 amide bonds. The summed E-state index contributed by atoms with van der Waals surface area (Å²) < 4.78 is 53.9. The highest BCUT2D eigenvalue weighted by atomic mass is 32.2. The standard InChI is InChI=1S/C20H15N3O8S2/c1-23(26)32(27,28)11-4-6-15-13(8-11)19(24)17(21-15)18-20(25)14-9-12(5-7-16(14)22-18)33(29,30)31-10-2-3-10/h4-10H,2-3H2,1H3,(H-,21,22,24,25)/p+1. The van der Waals surface area contributed by atoms with Crippen LogP contribution in [0.3, 0.4) is 0 Å². The molecule has 11 nitrogen and oxygen atoms in total. The van der Waals surface area contributed by atoms with E-state index in [9.17, 15) is 31.6 Å². The molecule has 0 atom stereocenters. The highest BCUT2D eigenvalue weighted by Gasteiger charge is 2.34. The minimum absolute atomic E-state index is 0.0276. The largest absolute Gasteiger partial charge is 0.505 e. The number of aliphatic imine (C=N–C) groups is 1. The number of nitrogens with one attached hydrogen (secondary N) is 1. The van der Waals surface area contributed by atoms with Crippen molar-refractivity contribution in [2.75, 3.05) is 7.05 Å². The van der Waals surface area contributed by atoms with Crippen LogP contribution in [0.5, 0.6) is 5.75 Å². The second-order valence-electron chi connectivity index (χ2n) is 7.69. The lowest BCUT2D eigenvalue weighted by molar-refractivity contribution is -0.351. The van der Waals surface area contributed by atoms with Crippen molar-refractivity contribution in [2.45, 2.75) is 28.7 Å². The molecule has 1 aromatic heterocycles. The number of nitrogens with zero attached hydrogens (tertiary/aromatic N) is 2. The minimum Gasteiger partial charge on any atom is -0.505 e. The van der Waals surface area contributed by atoms with E-state index >= 15 is 0 Å². The Bertz CT molecular complexity index is 1630. The number of Topliss-reactive ketones (excluding diaryl/α,β-unsaturated/α-hetero) is 1. The number of fused-ring (bicyclic) bond motifs is 2. The molecule has 2 N–H and O–H groups in total. The lowest BCUT2D eigenvalue weighted by Gasteiger charge is -2.05. The lowest BCUT2D eigenvalue weighted by atomic mass is 10.1. The van der Waals surface area contributed by atoms with Gasteiger partial charge in [-0.3, -0.25) is 8.98 Å². The number of hydrogen-bond acceptors (Lipinski definition) is 9. The maximum atomic E-state index is 13.0. The SMILES string of the molecule is C[N+](=O)S(=O)(=O)c1ccc2[nH]c(C3=Nc4ccc(S(=O)(=O)OC5CC5)cc4C3=O)c(O)c2c1. The molecule has 3 aromatic rings. The van der Waals surface area contributed by atoms with Gasteiger partial charge in [-0.15, -0.1) is 0 Å². The Morgan fingerprint density at radius 3 is 2.45 bits per heavy atom. The molecule has 5 rings (SSSR count). The number of benzene rings is 2. The smallest absolute Gasteiger partial charge is 0.437 e. The van der Waals surface area contributed by atoms with Crippen molar-refractivity contribution in [3.05, 3.63) is 52.6 Å². The van der Waals surface area contributed by atoms with Gasteiger partial charge in [-0.2, -0.15) is 16.8 Å². The normalized spacial score (nSPS) is 16.2. The Morgan fingerprint density at radius 2 is 1.79 bits per heavy atom. The van der Waals surface area contributed by atoms with Crippen LogP contribution in [-0.4, -0.2) is 55.7 Å². The molecule has 1 fully saturated rings. The summed E-state index contributed by atoms with van der Waals surface area (Å²) in [6, 6.07) is 7.50. The Labute approximate surface area is 187 Å². The van der Waals surface area contributed by atoms with Crippen molar-refractivity contribution in [1.29, 1.82) is 0 Å². The lowest BCUT2D eigenvalue weighted by Crippen LogP contribution is -2.13. The number of carbonyl (C=O) groups is 1. The summed E-state index contributed by atoms with van der Waals surface area (Å²) in [4.78, 5) is 30.9. The molecule has 170 valence electrons.